The number of hydrogen-bond acceptors (Lipinski definition) is 4. The summed E-state index contributed by atoms with van der Waals surface area (Å²) in [7, 11) is 0. The van der Waals surface area contributed by atoms with E-state index in [9.17, 15) is 4.79 Å². The van der Waals surface area contributed by atoms with Crippen molar-refractivity contribution in [2.45, 2.75) is 6.42 Å². The van der Waals surface area contributed by atoms with Crippen molar-refractivity contribution < 1.29 is 9.90 Å². The number of aromatic nitrogens is 1. The minimum absolute atomic E-state index is 0.0885. The Kier molecular flexibility index (Phi) is 3.24. The van der Waals surface area contributed by atoms with Crippen LogP contribution in [0.2, 0.25) is 0 Å². The minimum atomic E-state index is 0.0885. The van der Waals surface area contributed by atoms with Crippen molar-refractivity contribution >= 4 is 5.91 Å². The first kappa shape index (κ1) is 12.6. The van der Waals surface area contributed by atoms with E-state index < -0.39 is 0 Å². The van der Waals surface area contributed by atoms with Gasteiger partial charge in [0.2, 0.25) is 0 Å². The Labute approximate surface area is 112 Å². The van der Waals surface area contributed by atoms with Gasteiger partial charge < -0.3 is 10.0 Å². The van der Waals surface area contributed by atoms with E-state index in [0.29, 0.717) is 5.56 Å². The normalized spacial score (nSPS) is 21.6. The van der Waals surface area contributed by atoms with Crippen LogP contribution in [0.3, 0.4) is 0 Å². The first-order valence-electron chi connectivity index (χ1n) is 6.75. The summed E-state index contributed by atoms with van der Waals surface area (Å²) in [6.45, 7) is 4.64. The fourth-order valence-corrected chi connectivity index (χ4v) is 3.24. The summed E-state index contributed by atoms with van der Waals surface area (Å²) < 4.78 is 0. The molecule has 0 radical (unpaired) electrons. The molecule has 0 bridgehead atoms. The predicted molar refractivity (Wildman–Crippen MR) is 70.7 cm³/mol. The number of amides is 1. The smallest absolute Gasteiger partial charge is 0.255 e. The van der Waals surface area contributed by atoms with Gasteiger partial charge in [0.1, 0.15) is 0 Å². The highest BCUT2D eigenvalue weighted by atomic mass is 16.3. The molecule has 5 nitrogen and oxygen atoms in total. The van der Waals surface area contributed by atoms with Crippen LogP contribution >= 0.6 is 0 Å². The fourth-order valence-electron chi connectivity index (χ4n) is 3.24. The van der Waals surface area contributed by atoms with Crippen molar-refractivity contribution in [1.29, 1.82) is 0 Å². The van der Waals surface area contributed by atoms with E-state index in [-0.39, 0.29) is 17.9 Å². The molecule has 3 heterocycles. The standard InChI is InChI=1S/C14H19N3O2/c18-7-6-16-9-14(10-16)3-5-17(11-14)13(19)12-2-1-4-15-8-12/h1-2,4,8,18H,3,5-7,9-11H2. The van der Waals surface area contributed by atoms with E-state index in [0.717, 1.165) is 39.1 Å². The maximum atomic E-state index is 12.3. The third-order valence-corrected chi connectivity index (χ3v) is 4.17. The van der Waals surface area contributed by atoms with Gasteiger partial charge in [0.25, 0.3) is 5.91 Å². The van der Waals surface area contributed by atoms with Gasteiger partial charge in [-0.15, -0.1) is 0 Å². The van der Waals surface area contributed by atoms with Crippen LogP contribution in [0.5, 0.6) is 0 Å². The summed E-state index contributed by atoms with van der Waals surface area (Å²) in [5.41, 5.74) is 0.943. The number of aliphatic hydroxyl groups is 1. The molecule has 102 valence electrons. The lowest BCUT2D eigenvalue weighted by atomic mass is 9.79. The molecule has 0 unspecified atom stereocenters. The van der Waals surface area contributed by atoms with Crippen molar-refractivity contribution in [2.75, 3.05) is 39.3 Å². The van der Waals surface area contributed by atoms with Gasteiger partial charge in [-0.25, -0.2) is 0 Å². The zero-order chi connectivity index (χ0) is 13.3. The van der Waals surface area contributed by atoms with Gasteiger partial charge in [0.05, 0.1) is 12.2 Å². The van der Waals surface area contributed by atoms with Gasteiger partial charge in [-0.05, 0) is 18.6 Å². The minimum Gasteiger partial charge on any atom is -0.395 e. The maximum absolute atomic E-state index is 12.3. The third-order valence-electron chi connectivity index (χ3n) is 4.17. The Morgan fingerprint density at radius 1 is 1.42 bits per heavy atom. The van der Waals surface area contributed by atoms with Gasteiger partial charge in [-0.2, -0.15) is 0 Å². The summed E-state index contributed by atoms with van der Waals surface area (Å²) in [6.07, 6.45) is 4.38. The lowest BCUT2D eigenvalue weighted by Crippen LogP contribution is -2.58. The number of β-amino-alcohol motifs (C(OH)–C–C–N with tert-alkyl or cyclic N) is 1. The van der Waals surface area contributed by atoms with E-state index in [2.05, 4.69) is 9.88 Å². The van der Waals surface area contributed by atoms with Crippen LogP contribution in [0.1, 0.15) is 16.8 Å². The molecule has 0 atom stereocenters. The van der Waals surface area contributed by atoms with Crippen LogP contribution in [0, 0.1) is 5.41 Å². The average Bonchev–Trinajstić information content (AvgIpc) is 2.84. The van der Waals surface area contributed by atoms with Gasteiger partial charge in [0, 0.05) is 50.5 Å². The summed E-state index contributed by atoms with van der Waals surface area (Å²) >= 11 is 0. The number of rotatable bonds is 3. The molecular formula is C14H19N3O2. The molecule has 1 aromatic heterocycles. The highest BCUT2D eigenvalue weighted by Gasteiger charge is 2.48. The summed E-state index contributed by atoms with van der Waals surface area (Å²) in [5, 5.41) is 8.91. The largest absolute Gasteiger partial charge is 0.395 e. The first-order chi connectivity index (χ1) is 9.22. The lowest BCUT2D eigenvalue weighted by Gasteiger charge is -2.47. The molecule has 2 aliphatic heterocycles. The number of aliphatic hydroxyl groups excluding tert-OH is 1. The number of likely N-dealkylation sites (tertiary alicyclic amines) is 2. The average molecular weight is 261 g/mol. The molecule has 1 aromatic rings. The zero-order valence-electron chi connectivity index (χ0n) is 11.0. The molecule has 3 rings (SSSR count). The topological polar surface area (TPSA) is 56.7 Å². The third kappa shape index (κ3) is 2.35. The Morgan fingerprint density at radius 2 is 2.26 bits per heavy atom. The van der Waals surface area contributed by atoms with Gasteiger partial charge in [0.15, 0.2) is 0 Å². The van der Waals surface area contributed by atoms with Crippen molar-refractivity contribution in [1.82, 2.24) is 14.8 Å². The van der Waals surface area contributed by atoms with Crippen LogP contribution in [-0.4, -0.2) is 65.1 Å². The Hall–Kier alpha value is -1.46. The highest BCUT2D eigenvalue weighted by molar-refractivity contribution is 5.94. The summed E-state index contributed by atoms with van der Waals surface area (Å²) in [6, 6.07) is 3.62. The van der Waals surface area contributed by atoms with Crippen molar-refractivity contribution in [3.05, 3.63) is 30.1 Å². The Morgan fingerprint density at radius 3 is 2.95 bits per heavy atom. The maximum Gasteiger partial charge on any atom is 0.255 e. The van der Waals surface area contributed by atoms with Crippen molar-refractivity contribution in [3.8, 4) is 0 Å². The number of pyridine rings is 1. The molecule has 2 fully saturated rings. The van der Waals surface area contributed by atoms with Crippen LogP contribution in [0.15, 0.2) is 24.5 Å². The molecule has 0 saturated carbocycles. The molecule has 0 aliphatic carbocycles. The molecule has 2 aliphatic rings. The second-order valence-corrected chi connectivity index (χ2v) is 5.65. The molecule has 0 aromatic carbocycles. The van der Waals surface area contributed by atoms with E-state index in [1.165, 1.54) is 0 Å². The molecule has 1 spiro atoms. The fraction of sp³-hybridized carbons (Fsp3) is 0.571. The predicted octanol–water partition coefficient (Wildman–Crippen LogP) is 0.222. The van der Waals surface area contributed by atoms with Crippen LogP contribution in [0.4, 0.5) is 0 Å². The molecule has 5 heteroatoms. The quantitative estimate of drug-likeness (QED) is 0.846. The Bertz CT molecular complexity index is 457. The van der Waals surface area contributed by atoms with E-state index in [1.807, 2.05) is 11.0 Å². The molecular weight excluding hydrogens is 242 g/mol. The second kappa shape index (κ2) is 4.90. The van der Waals surface area contributed by atoms with Gasteiger partial charge in [-0.3, -0.25) is 14.7 Å². The molecule has 1 amide bonds. The van der Waals surface area contributed by atoms with E-state index >= 15 is 0 Å². The summed E-state index contributed by atoms with van der Waals surface area (Å²) in [5.74, 6) is 0.0885. The van der Waals surface area contributed by atoms with Crippen LogP contribution in [-0.2, 0) is 0 Å². The SMILES string of the molecule is O=C(c1cccnc1)N1CCC2(CN(CCO)C2)C1. The van der Waals surface area contributed by atoms with E-state index in [1.54, 1.807) is 18.5 Å². The monoisotopic (exact) mass is 261 g/mol. The number of carbonyl (C=O) groups is 1. The van der Waals surface area contributed by atoms with Crippen LogP contribution in [0.25, 0.3) is 0 Å². The number of carbonyl (C=O) groups excluding carboxylic acids is 1. The molecule has 2 saturated heterocycles. The first-order valence-corrected chi connectivity index (χ1v) is 6.75. The van der Waals surface area contributed by atoms with Crippen molar-refractivity contribution in [2.24, 2.45) is 5.41 Å². The lowest BCUT2D eigenvalue weighted by molar-refractivity contribution is -0.00106. The Balaban J connectivity index is 1.60. The van der Waals surface area contributed by atoms with E-state index in [4.69, 9.17) is 5.11 Å². The zero-order valence-corrected chi connectivity index (χ0v) is 11.0. The van der Waals surface area contributed by atoms with Gasteiger partial charge >= 0.3 is 0 Å². The van der Waals surface area contributed by atoms with Crippen LogP contribution < -0.4 is 0 Å². The van der Waals surface area contributed by atoms with Crippen molar-refractivity contribution in [3.63, 3.8) is 0 Å². The number of nitrogens with zero attached hydrogens (tertiary/aromatic N) is 3. The molecule has 19 heavy (non-hydrogen) atoms. The van der Waals surface area contributed by atoms with Gasteiger partial charge in [-0.1, -0.05) is 0 Å². The summed E-state index contributed by atoms with van der Waals surface area (Å²) in [4.78, 5) is 20.5. The highest BCUT2D eigenvalue weighted by Crippen LogP contribution is 2.39. The molecule has 1 N–H and O–H groups in total. The second-order valence-electron chi connectivity index (χ2n) is 5.65. The number of hydrogen-bond donors (Lipinski definition) is 1.